The number of nitrogens with one attached hydrogen (secondary N) is 1. The number of hydrogen-bond donors (Lipinski definition) is 1. The van der Waals surface area contributed by atoms with Crippen LogP contribution in [0.15, 0.2) is 30.3 Å². The van der Waals surface area contributed by atoms with Crippen LogP contribution in [0.4, 0.5) is 0 Å². The van der Waals surface area contributed by atoms with Crippen molar-refractivity contribution in [1.29, 1.82) is 5.26 Å². The monoisotopic (exact) mass is 272 g/mol. The van der Waals surface area contributed by atoms with Crippen LogP contribution in [0.1, 0.15) is 38.3 Å². The van der Waals surface area contributed by atoms with E-state index in [0.29, 0.717) is 6.61 Å². The van der Waals surface area contributed by atoms with Crippen LogP contribution in [-0.2, 0) is 9.53 Å². The van der Waals surface area contributed by atoms with E-state index in [9.17, 15) is 10.1 Å². The Morgan fingerprint density at radius 1 is 1.45 bits per heavy atom. The van der Waals surface area contributed by atoms with Crippen LogP contribution in [0.5, 0.6) is 0 Å². The molecule has 20 heavy (non-hydrogen) atoms. The molecule has 1 saturated carbocycles. The normalized spacial score (nSPS) is 18.6. The summed E-state index contributed by atoms with van der Waals surface area (Å²) >= 11 is 0. The third kappa shape index (κ3) is 2.83. The van der Waals surface area contributed by atoms with E-state index in [1.807, 2.05) is 37.3 Å². The second-order valence-corrected chi connectivity index (χ2v) is 5.24. The summed E-state index contributed by atoms with van der Waals surface area (Å²) in [6, 6.07) is 11.7. The van der Waals surface area contributed by atoms with Gasteiger partial charge in [-0.25, -0.2) is 0 Å². The summed E-state index contributed by atoms with van der Waals surface area (Å²) in [5.41, 5.74) is 0.459. The molecule has 0 heterocycles. The predicted molar refractivity (Wildman–Crippen MR) is 75.7 cm³/mol. The molecule has 0 unspecified atom stereocenters. The molecular formula is C16H20N2O2. The van der Waals surface area contributed by atoms with Crippen molar-refractivity contribution >= 4 is 5.97 Å². The molecule has 1 N–H and O–H groups in total. The standard InChI is InChI=1S/C16H20N2O2/c1-3-20-15(19)16(9-10-16)14(11-17)18-12(2)13-7-5-4-6-8-13/h4-8,12,14,18H,3,9-10H2,1-2H3/t12-,14-/m0/s1. The van der Waals surface area contributed by atoms with E-state index in [1.165, 1.54) is 0 Å². The van der Waals surface area contributed by atoms with Crippen LogP contribution in [0.3, 0.4) is 0 Å². The summed E-state index contributed by atoms with van der Waals surface area (Å²) in [4.78, 5) is 12.0. The average Bonchev–Trinajstić information content (AvgIpc) is 3.27. The fourth-order valence-corrected chi connectivity index (χ4v) is 2.43. The third-order valence-corrected chi connectivity index (χ3v) is 3.87. The lowest BCUT2D eigenvalue weighted by Crippen LogP contribution is -2.42. The van der Waals surface area contributed by atoms with Crippen molar-refractivity contribution < 1.29 is 9.53 Å². The van der Waals surface area contributed by atoms with E-state index in [0.717, 1.165) is 18.4 Å². The Labute approximate surface area is 119 Å². The van der Waals surface area contributed by atoms with Gasteiger partial charge in [-0.05, 0) is 32.3 Å². The van der Waals surface area contributed by atoms with Gasteiger partial charge in [0.25, 0.3) is 0 Å². The maximum Gasteiger partial charge on any atom is 0.314 e. The summed E-state index contributed by atoms with van der Waals surface area (Å²) in [6.45, 7) is 4.14. The van der Waals surface area contributed by atoms with Gasteiger partial charge in [-0.2, -0.15) is 5.26 Å². The van der Waals surface area contributed by atoms with Crippen LogP contribution < -0.4 is 5.32 Å². The van der Waals surface area contributed by atoms with Crippen molar-refractivity contribution in [1.82, 2.24) is 5.32 Å². The first kappa shape index (κ1) is 14.5. The molecule has 1 aromatic carbocycles. The number of benzene rings is 1. The van der Waals surface area contributed by atoms with Crippen molar-refractivity contribution in [2.45, 2.75) is 38.8 Å². The summed E-state index contributed by atoms with van der Waals surface area (Å²) in [7, 11) is 0. The maximum absolute atomic E-state index is 12.0. The fourth-order valence-electron chi connectivity index (χ4n) is 2.43. The number of carbonyl (C=O) groups excluding carboxylic acids is 1. The largest absolute Gasteiger partial charge is 0.465 e. The Morgan fingerprint density at radius 2 is 2.10 bits per heavy atom. The van der Waals surface area contributed by atoms with E-state index in [-0.39, 0.29) is 12.0 Å². The Hall–Kier alpha value is -1.86. The summed E-state index contributed by atoms with van der Waals surface area (Å²) in [6.07, 6.45) is 1.44. The Balaban J connectivity index is 2.07. The molecular weight excluding hydrogens is 252 g/mol. The van der Waals surface area contributed by atoms with Gasteiger partial charge in [0.1, 0.15) is 6.04 Å². The second-order valence-electron chi connectivity index (χ2n) is 5.24. The van der Waals surface area contributed by atoms with Gasteiger partial charge < -0.3 is 4.74 Å². The molecule has 2 atom stereocenters. The number of ether oxygens (including phenoxy) is 1. The van der Waals surface area contributed by atoms with Crippen LogP contribution in [0, 0.1) is 16.7 Å². The SMILES string of the molecule is CCOC(=O)C1([C@H](C#N)N[C@@H](C)c2ccccc2)CC1. The molecule has 0 spiro atoms. The first-order chi connectivity index (χ1) is 9.64. The molecule has 0 radical (unpaired) electrons. The molecule has 0 aliphatic heterocycles. The van der Waals surface area contributed by atoms with Crippen molar-refractivity contribution in [3.63, 3.8) is 0 Å². The molecule has 0 aromatic heterocycles. The zero-order chi connectivity index (χ0) is 14.6. The van der Waals surface area contributed by atoms with Gasteiger partial charge in [-0.3, -0.25) is 10.1 Å². The lowest BCUT2D eigenvalue weighted by Gasteiger charge is -2.24. The third-order valence-electron chi connectivity index (χ3n) is 3.87. The molecule has 1 aromatic rings. The Bertz CT molecular complexity index is 503. The minimum atomic E-state index is -0.645. The quantitative estimate of drug-likeness (QED) is 0.808. The smallest absolute Gasteiger partial charge is 0.314 e. The van der Waals surface area contributed by atoms with Gasteiger partial charge in [0.15, 0.2) is 0 Å². The lowest BCUT2D eigenvalue weighted by molar-refractivity contribution is -0.150. The van der Waals surface area contributed by atoms with Gasteiger partial charge in [0, 0.05) is 6.04 Å². The van der Waals surface area contributed by atoms with Crippen LogP contribution in [0.25, 0.3) is 0 Å². The van der Waals surface area contributed by atoms with Crippen LogP contribution >= 0.6 is 0 Å². The second kappa shape index (κ2) is 6.06. The number of nitrogens with zero attached hydrogens (tertiary/aromatic N) is 1. The highest BCUT2D eigenvalue weighted by molar-refractivity contribution is 5.81. The van der Waals surface area contributed by atoms with Crippen LogP contribution in [-0.4, -0.2) is 18.6 Å². The van der Waals surface area contributed by atoms with Crippen LogP contribution in [0.2, 0.25) is 0 Å². The van der Waals surface area contributed by atoms with Crippen molar-refractivity contribution in [2.75, 3.05) is 6.61 Å². The van der Waals surface area contributed by atoms with E-state index < -0.39 is 11.5 Å². The first-order valence-corrected chi connectivity index (χ1v) is 7.02. The molecule has 0 bridgehead atoms. The average molecular weight is 272 g/mol. The van der Waals surface area contributed by atoms with Gasteiger partial charge >= 0.3 is 5.97 Å². The van der Waals surface area contributed by atoms with E-state index in [4.69, 9.17) is 4.74 Å². The zero-order valence-electron chi connectivity index (χ0n) is 11.9. The molecule has 0 saturated heterocycles. The zero-order valence-corrected chi connectivity index (χ0v) is 11.9. The molecule has 1 aliphatic rings. The molecule has 1 aliphatic carbocycles. The highest BCUT2D eigenvalue weighted by Gasteiger charge is 2.57. The molecule has 0 amide bonds. The summed E-state index contributed by atoms with van der Waals surface area (Å²) < 4.78 is 5.11. The topological polar surface area (TPSA) is 62.1 Å². The molecule has 1 fully saturated rings. The van der Waals surface area contributed by atoms with Gasteiger partial charge in [0.2, 0.25) is 0 Å². The molecule has 106 valence electrons. The highest BCUT2D eigenvalue weighted by atomic mass is 16.5. The Morgan fingerprint density at radius 3 is 2.60 bits per heavy atom. The minimum Gasteiger partial charge on any atom is -0.465 e. The van der Waals surface area contributed by atoms with E-state index >= 15 is 0 Å². The van der Waals surface area contributed by atoms with Crippen molar-refractivity contribution in [3.8, 4) is 6.07 Å². The highest BCUT2D eigenvalue weighted by Crippen LogP contribution is 2.50. The van der Waals surface area contributed by atoms with Gasteiger partial charge in [0.05, 0.1) is 18.1 Å². The lowest BCUT2D eigenvalue weighted by atomic mass is 9.95. The fraction of sp³-hybridized carbons (Fsp3) is 0.500. The molecule has 4 nitrogen and oxygen atoms in total. The van der Waals surface area contributed by atoms with E-state index in [2.05, 4.69) is 11.4 Å². The Kier molecular flexibility index (Phi) is 4.41. The molecule has 2 rings (SSSR count). The van der Waals surface area contributed by atoms with Gasteiger partial charge in [-0.1, -0.05) is 30.3 Å². The number of carbonyl (C=O) groups is 1. The summed E-state index contributed by atoms with van der Waals surface area (Å²) in [5.74, 6) is -0.251. The predicted octanol–water partition coefficient (Wildman–Crippen LogP) is 2.57. The van der Waals surface area contributed by atoms with Crippen molar-refractivity contribution in [2.24, 2.45) is 5.41 Å². The number of rotatable bonds is 6. The molecule has 4 heteroatoms. The number of esters is 1. The van der Waals surface area contributed by atoms with Gasteiger partial charge in [-0.15, -0.1) is 0 Å². The van der Waals surface area contributed by atoms with Crippen molar-refractivity contribution in [3.05, 3.63) is 35.9 Å². The summed E-state index contributed by atoms with van der Waals surface area (Å²) in [5, 5.41) is 12.7. The number of hydrogen-bond acceptors (Lipinski definition) is 4. The maximum atomic E-state index is 12.0. The number of nitriles is 1. The minimum absolute atomic E-state index is 0.0211. The van der Waals surface area contributed by atoms with E-state index in [1.54, 1.807) is 6.92 Å². The first-order valence-electron chi connectivity index (χ1n) is 7.02.